The van der Waals surface area contributed by atoms with Crippen LogP contribution in [0, 0.1) is 18.8 Å². The van der Waals surface area contributed by atoms with Gasteiger partial charge < -0.3 is 20.9 Å². The highest BCUT2D eigenvalue weighted by atomic mass is 35.5. The fourth-order valence-corrected chi connectivity index (χ4v) is 6.41. The molecule has 0 spiro atoms. The summed E-state index contributed by atoms with van der Waals surface area (Å²) in [5.41, 5.74) is 1.27. The van der Waals surface area contributed by atoms with Gasteiger partial charge in [0.1, 0.15) is 6.04 Å². The van der Waals surface area contributed by atoms with Gasteiger partial charge in [0.05, 0.1) is 18.5 Å². The Kier molecular flexibility index (Phi) is 8.74. The van der Waals surface area contributed by atoms with Gasteiger partial charge in [-0.3, -0.25) is 14.4 Å². The molecule has 3 amide bonds. The summed E-state index contributed by atoms with van der Waals surface area (Å²) in [5.74, 6) is -7.20. The van der Waals surface area contributed by atoms with Crippen molar-refractivity contribution in [3.8, 4) is 0 Å². The van der Waals surface area contributed by atoms with Crippen molar-refractivity contribution in [1.82, 2.24) is 15.5 Å². The first kappa shape index (κ1) is 30.2. The number of benzene rings is 1. The first-order chi connectivity index (χ1) is 18.7. The van der Waals surface area contributed by atoms with Crippen molar-refractivity contribution in [2.24, 2.45) is 11.8 Å². The van der Waals surface area contributed by atoms with Gasteiger partial charge in [-0.25, -0.2) is 17.2 Å². The number of alkyl halides is 2. The molecule has 3 N–H and O–H groups in total. The third-order valence-electron chi connectivity index (χ3n) is 7.91. The van der Waals surface area contributed by atoms with E-state index in [0.29, 0.717) is 48.0 Å². The normalized spacial score (nSPS) is 26.8. The number of nitrogens with one attached hydrogen (secondary N) is 3. The van der Waals surface area contributed by atoms with Crippen LogP contribution in [0.4, 0.5) is 18.9 Å². The second kappa shape index (κ2) is 11.6. The highest BCUT2D eigenvalue weighted by molar-refractivity contribution is 7.94. The number of anilines is 1. The van der Waals surface area contributed by atoms with Crippen LogP contribution in [0.15, 0.2) is 29.4 Å². The van der Waals surface area contributed by atoms with Gasteiger partial charge in [0.15, 0.2) is 0 Å². The Morgan fingerprint density at radius 3 is 2.62 bits per heavy atom. The molecule has 4 aliphatic rings. The minimum atomic E-state index is -4.26. The lowest BCUT2D eigenvalue weighted by atomic mass is 9.71. The summed E-state index contributed by atoms with van der Waals surface area (Å²) in [4.78, 5) is 40.3. The number of carbonyl (C=O) groups is 3. The zero-order valence-electron chi connectivity index (χ0n) is 22.1. The summed E-state index contributed by atoms with van der Waals surface area (Å²) in [6, 6.07) is 1.34. The summed E-state index contributed by atoms with van der Waals surface area (Å²) in [7, 11) is -4.26. The van der Waals surface area contributed by atoms with Crippen molar-refractivity contribution in [3.63, 3.8) is 0 Å². The Bertz CT molecular complexity index is 1330. The standard InChI is InChI=1S/C26H32ClF3N4O5S/c1-14-19(27)4-3-5-20(14)32-13-22(35)34-17-6-7-18(26(29,30)12-17)23(34)25(37)33-16(11-21(28)40(2,38)39)10-15-8-9-31-24(15)36/h3-5,11,15-18,23,32H,6-10,12-13H2,1-2H3,(H,31,36)(H,33,37)/b21-11-/t15-,16+,17+,18+,23+/m1/s1. The van der Waals surface area contributed by atoms with Crippen molar-refractivity contribution >= 4 is 44.8 Å². The Morgan fingerprint density at radius 2 is 2.00 bits per heavy atom. The average Bonchev–Trinajstić information content (AvgIpc) is 3.27. The molecule has 5 rings (SSSR count). The molecule has 3 saturated heterocycles. The number of halogens is 4. The van der Waals surface area contributed by atoms with E-state index in [0.717, 1.165) is 0 Å². The molecule has 1 aromatic rings. The van der Waals surface area contributed by atoms with Crippen molar-refractivity contribution in [1.29, 1.82) is 0 Å². The largest absolute Gasteiger partial charge is 0.376 e. The third kappa shape index (κ3) is 6.40. The van der Waals surface area contributed by atoms with E-state index in [1.54, 1.807) is 25.1 Å². The fourth-order valence-electron chi connectivity index (χ4n) is 5.82. The van der Waals surface area contributed by atoms with Gasteiger partial charge in [-0.2, -0.15) is 4.39 Å². The second-order valence-corrected chi connectivity index (χ2v) is 13.0. The van der Waals surface area contributed by atoms with Crippen LogP contribution in [0.1, 0.15) is 37.7 Å². The maximum atomic E-state index is 15.0. The van der Waals surface area contributed by atoms with E-state index in [-0.39, 0.29) is 25.3 Å². The predicted molar refractivity (Wildman–Crippen MR) is 143 cm³/mol. The number of fused-ring (bicyclic) bond motifs is 3. The summed E-state index contributed by atoms with van der Waals surface area (Å²) in [5, 5.41) is 7.01. The van der Waals surface area contributed by atoms with E-state index in [2.05, 4.69) is 16.0 Å². The SMILES string of the molecule is Cc1c(Cl)cccc1NCC(=O)N1[C@H]2CC[C@@H]([C@H]1C(=O)N[C@H](/C=C(/F)S(C)(=O)=O)C[C@H]1CCNC1=O)C(F)(F)C2. The molecule has 0 unspecified atom stereocenters. The first-order valence-electron chi connectivity index (χ1n) is 13.0. The maximum Gasteiger partial charge on any atom is 0.255 e. The lowest BCUT2D eigenvalue weighted by Crippen LogP contribution is -2.69. The van der Waals surface area contributed by atoms with E-state index >= 15 is 8.78 Å². The Labute approximate surface area is 235 Å². The van der Waals surface area contributed by atoms with Gasteiger partial charge in [0.25, 0.3) is 5.92 Å². The molecule has 14 heteroatoms. The zero-order chi connectivity index (χ0) is 29.4. The lowest BCUT2D eigenvalue weighted by Gasteiger charge is -2.53. The van der Waals surface area contributed by atoms with E-state index in [1.165, 1.54) is 4.90 Å². The Hall–Kier alpha value is -2.80. The number of amides is 3. The number of sulfone groups is 1. The van der Waals surface area contributed by atoms with Gasteiger partial charge in [0.2, 0.25) is 32.7 Å². The first-order valence-corrected chi connectivity index (χ1v) is 15.3. The molecule has 0 aromatic heterocycles. The van der Waals surface area contributed by atoms with Crippen molar-refractivity contribution < 1.29 is 36.0 Å². The average molecular weight is 605 g/mol. The van der Waals surface area contributed by atoms with E-state index in [4.69, 9.17) is 11.6 Å². The molecule has 5 atom stereocenters. The Morgan fingerprint density at radius 1 is 1.27 bits per heavy atom. The van der Waals surface area contributed by atoms with Crippen LogP contribution in [0.3, 0.4) is 0 Å². The third-order valence-corrected chi connectivity index (χ3v) is 9.16. The topological polar surface area (TPSA) is 125 Å². The zero-order valence-corrected chi connectivity index (χ0v) is 23.6. The molecule has 0 radical (unpaired) electrons. The van der Waals surface area contributed by atoms with Gasteiger partial charge in [0, 0.05) is 41.9 Å². The van der Waals surface area contributed by atoms with Crippen molar-refractivity contribution in [2.45, 2.75) is 63.1 Å². The molecular weight excluding hydrogens is 573 g/mol. The van der Waals surface area contributed by atoms with Crippen LogP contribution in [-0.4, -0.2) is 74.4 Å². The summed E-state index contributed by atoms with van der Waals surface area (Å²) >= 11 is 6.14. The highest BCUT2D eigenvalue weighted by Crippen LogP contribution is 2.49. The summed E-state index contributed by atoms with van der Waals surface area (Å²) in [6.07, 6.45) is 1.27. The number of rotatable bonds is 9. The maximum absolute atomic E-state index is 15.0. The summed E-state index contributed by atoms with van der Waals surface area (Å²) < 4.78 is 67.9. The van der Waals surface area contributed by atoms with Gasteiger partial charge in [-0.1, -0.05) is 17.7 Å². The summed E-state index contributed by atoms with van der Waals surface area (Å²) in [6.45, 7) is 1.83. The number of nitrogens with zero attached hydrogens (tertiary/aromatic N) is 1. The van der Waals surface area contributed by atoms with Crippen LogP contribution in [-0.2, 0) is 24.2 Å². The number of hydrogen-bond donors (Lipinski definition) is 3. The molecule has 40 heavy (non-hydrogen) atoms. The van der Waals surface area contributed by atoms with Crippen LogP contribution in [0.5, 0.6) is 0 Å². The smallest absolute Gasteiger partial charge is 0.255 e. The van der Waals surface area contributed by atoms with Crippen LogP contribution < -0.4 is 16.0 Å². The number of piperidine rings is 2. The van der Waals surface area contributed by atoms with E-state index in [9.17, 15) is 27.2 Å². The molecule has 2 bridgehead atoms. The number of hydrogen-bond acceptors (Lipinski definition) is 6. The minimum absolute atomic E-state index is 0.00357. The molecule has 3 aliphatic heterocycles. The van der Waals surface area contributed by atoms with Crippen LogP contribution >= 0.6 is 11.6 Å². The van der Waals surface area contributed by atoms with Crippen LogP contribution in [0.25, 0.3) is 0 Å². The second-order valence-electron chi connectivity index (χ2n) is 10.7. The lowest BCUT2D eigenvalue weighted by molar-refractivity contribution is -0.193. The molecule has 4 fully saturated rings. The molecule has 220 valence electrons. The van der Waals surface area contributed by atoms with Crippen molar-refractivity contribution in [2.75, 3.05) is 24.7 Å². The molecule has 3 heterocycles. The Balaban J connectivity index is 1.59. The molecule has 9 nitrogen and oxygen atoms in total. The van der Waals surface area contributed by atoms with Gasteiger partial charge in [-0.15, -0.1) is 0 Å². The van der Waals surface area contributed by atoms with E-state index in [1.807, 2.05) is 0 Å². The molecule has 1 saturated carbocycles. The van der Waals surface area contributed by atoms with E-state index < -0.39 is 69.1 Å². The van der Waals surface area contributed by atoms with Crippen molar-refractivity contribution in [3.05, 3.63) is 40.0 Å². The highest BCUT2D eigenvalue weighted by Gasteiger charge is 2.60. The number of carbonyl (C=O) groups excluding carboxylic acids is 3. The molecule has 1 aliphatic carbocycles. The monoisotopic (exact) mass is 604 g/mol. The predicted octanol–water partition coefficient (Wildman–Crippen LogP) is 2.94. The fraction of sp³-hybridized carbons (Fsp3) is 0.577. The minimum Gasteiger partial charge on any atom is -0.376 e. The quantitative estimate of drug-likeness (QED) is 0.398. The van der Waals surface area contributed by atoms with Gasteiger partial charge in [-0.05, 0) is 56.4 Å². The van der Waals surface area contributed by atoms with Crippen LogP contribution in [0.2, 0.25) is 5.02 Å². The van der Waals surface area contributed by atoms with Gasteiger partial charge >= 0.3 is 0 Å². The molecule has 1 aromatic carbocycles. The molecular formula is C26H32ClF3N4O5S.